The summed E-state index contributed by atoms with van der Waals surface area (Å²) in [5, 5.41) is 3.00. The first-order chi connectivity index (χ1) is 4.31. The molecule has 0 heterocycles. The molecule has 2 heteroatoms. The van der Waals surface area contributed by atoms with Gasteiger partial charge >= 0.3 is 0 Å². The summed E-state index contributed by atoms with van der Waals surface area (Å²) in [5.74, 6) is 0. The van der Waals surface area contributed by atoms with E-state index in [9.17, 15) is 0 Å². The minimum Gasteiger partial charge on any atom is -0.364 e. The van der Waals surface area contributed by atoms with Crippen LogP contribution in [0.25, 0.3) is 0 Å². The lowest BCUT2D eigenvalue weighted by Gasteiger charge is -2.10. The molecule has 0 aromatic rings. The molecule has 1 atom stereocenters. The average Bonchev–Trinajstić information content (AvgIpc) is 1.89. The van der Waals surface area contributed by atoms with Crippen molar-refractivity contribution in [2.24, 2.45) is 0 Å². The fraction of sp³-hybridized carbons (Fsp3) is 1.00. The maximum absolute atomic E-state index is 5.32. The van der Waals surface area contributed by atoms with E-state index in [1.54, 1.807) is 0 Å². The van der Waals surface area contributed by atoms with Crippen molar-refractivity contribution in [2.45, 2.75) is 32.9 Å². The molecule has 0 fully saturated rings. The molecule has 56 valence electrons. The molecular weight excluding hydrogens is 114 g/mol. The van der Waals surface area contributed by atoms with Crippen LogP contribution in [0.3, 0.4) is 0 Å². The molecule has 0 saturated heterocycles. The van der Waals surface area contributed by atoms with Crippen LogP contribution in [-0.2, 0) is 4.74 Å². The molecule has 0 aliphatic carbocycles. The molecule has 0 bridgehead atoms. The largest absolute Gasteiger partial charge is 0.364 e. The Bertz CT molecular complexity index is 56.9. The Morgan fingerprint density at radius 3 is 2.67 bits per heavy atom. The Morgan fingerprint density at radius 2 is 2.22 bits per heavy atom. The standard InChI is InChI=1S/C7H17NO/c1-4-5-6-9-7(2)8-3/h7-8H,4-6H2,1-3H3. The molecule has 1 unspecified atom stereocenters. The third-order valence-electron chi connectivity index (χ3n) is 1.27. The molecule has 0 rings (SSSR count). The highest BCUT2D eigenvalue weighted by molar-refractivity contribution is 4.39. The van der Waals surface area contributed by atoms with Crippen LogP contribution in [0.5, 0.6) is 0 Å². The van der Waals surface area contributed by atoms with E-state index >= 15 is 0 Å². The number of unbranched alkanes of at least 4 members (excludes halogenated alkanes) is 1. The minimum atomic E-state index is 0.205. The van der Waals surface area contributed by atoms with E-state index in [4.69, 9.17) is 4.74 Å². The third-order valence-corrected chi connectivity index (χ3v) is 1.27. The van der Waals surface area contributed by atoms with Crippen LogP contribution in [0.2, 0.25) is 0 Å². The predicted octanol–water partition coefficient (Wildman–Crippen LogP) is 1.37. The van der Waals surface area contributed by atoms with E-state index in [1.165, 1.54) is 6.42 Å². The first kappa shape index (κ1) is 8.92. The van der Waals surface area contributed by atoms with Crippen LogP contribution in [0.4, 0.5) is 0 Å². The first-order valence-corrected chi connectivity index (χ1v) is 3.60. The molecule has 0 amide bonds. The van der Waals surface area contributed by atoms with Gasteiger partial charge in [0.15, 0.2) is 0 Å². The van der Waals surface area contributed by atoms with Crippen molar-refractivity contribution < 1.29 is 4.74 Å². The molecule has 0 aromatic heterocycles. The van der Waals surface area contributed by atoms with E-state index < -0.39 is 0 Å². The van der Waals surface area contributed by atoms with Crippen molar-refractivity contribution in [3.63, 3.8) is 0 Å². The van der Waals surface area contributed by atoms with Crippen molar-refractivity contribution >= 4 is 0 Å². The van der Waals surface area contributed by atoms with Crippen molar-refractivity contribution in [3.05, 3.63) is 0 Å². The van der Waals surface area contributed by atoms with Crippen molar-refractivity contribution in [1.29, 1.82) is 0 Å². The smallest absolute Gasteiger partial charge is 0.105 e. The number of ether oxygens (including phenoxy) is 1. The molecule has 1 N–H and O–H groups in total. The van der Waals surface area contributed by atoms with Crippen molar-refractivity contribution in [3.8, 4) is 0 Å². The van der Waals surface area contributed by atoms with E-state index in [0.29, 0.717) is 0 Å². The van der Waals surface area contributed by atoms with Crippen LogP contribution in [0.1, 0.15) is 26.7 Å². The maximum Gasteiger partial charge on any atom is 0.105 e. The third kappa shape index (κ3) is 5.80. The lowest BCUT2D eigenvalue weighted by Crippen LogP contribution is -2.24. The summed E-state index contributed by atoms with van der Waals surface area (Å²) in [4.78, 5) is 0. The molecule has 0 aliphatic rings. The average molecular weight is 131 g/mol. The first-order valence-electron chi connectivity index (χ1n) is 3.60. The van der Waals surface area contributed by atoms with E-state index in [0.717, 1.165) is 13.0 Å². The number of nitrogens with one attached hydrogen (secondary N) is 1. The predicted molar refractivity (Wildman–Crippen MR) is 39.4 cm³/mol. The fourth-order valence-electron chi connectivity index (χ4n) is 0.488. The lowest BCUT2D eigenvalue weighted by atomic mass is 10.4. The fourth-order valence-corrected chi connectivity index (χ4v) is 0.488. The Kier molecular flexibility index (Phi) is 5.99. The second-order valence-corrected chi connectivity index (χ2v) is 2.16. The van der Waals surface area contributed by atoms with Gasteiger partial charge in [0, 0.05) is 6.61 Å². The van der Waals surface area contributed by atoms with Crippen LogP contribution < -0.4 is 5.32 Å². The zero-order valence-electron chi connectivity index (χ0n) is 6.61. The summed E-state index contributed by atoms with van der Waals surface area (Å²) in [6.45, 7) is 5.04. The van der Waals surface area contributed by atoms with Gasteiger partial charge in [0.25, 0.3) is 0 Å². The van der Waals surface area contributed by atoms with Crippen LogP contribution >= 0.6 is 0 Å². The van der Waals surface area contributed by atoms with Crippen molar-refractivity contribution in [1.82, 2.24) is 5.32 Å². The van der Waals surface area contributed by atoms with E-state index in [2.05, 4.69) is 12.2 Å². The van der Waals surface area contributed by atoms with Crippen LogP contribution in [0, 0.1) is 0 Å². The Hall–Kier alpha value is -0.0800. The highest BCUT2D eigenvalue weighted by Crippen LogP contribution is 1.90. The van der Waals surface area contributed by atoms with Gasteiger partial charge in [0.1, 0.15) is 6.23 Å². The van der Waals surface area contributed by atoms with Gasteiger partial charge in [-0.3, -0.25) is 5.32 Å². The second kappa shape index (κ2) is 6.05. The quantitative estimate of drug-likeness (QED) is 0.449. The summed E-state index contributed by atoms with van der Waals surface area (Å²) in [7, 11) is 1.90. The van der Waals surface area contributed by atoms with Gasteiger partial charge in [-0.2, -0.15) is 0 Å². The van der Waals surface area contributed by atoms with Gasteiger partial charge in [-0.1, -0.05) is 13.3 Å². The molecular formula is C7H17NO. The molecule has 0 spiro atoms. The molecule has 0 aliphatic heterocycles. The normalized spacial score (nSPS) is 13.7. The van der Waals surface area contributed by atoms with Crippen LogP contribution in [-0.4, -0.2) is 19.9 Å². The monoisotopic (exact) mass is 131 g/mol. The van der Waals surface area contributed by atoms with Crippen molar-refractivity contribution in [2.75, 3.05) is 13.7 Å². The summed E-state index contributed by atoms with van der Waals surface area (Å²) in [6.07, 6.45) is 2.57. The van der Waals surface area contributed by atoms with Gasteiger partial charge < -0.3 is 4.74 Å². The summed E-state index contributed by atoms with van der Waals surface area (Å²) < 4.78 is 5.32. The highest BCUT2D eigenvalue weighted by atomic mass is 16.5. The molecule has 9 heavy (non-hydrogen) atoms. The van der Waals surface area contributed by atoms with E-state index in [1.807, 2.05) is 14.0 Å². The van der Waals surface area contributed by atoms with Gasteiger partial charge in [-0.05, 0) is 20.4 Å². The van der Waals surface area contributed by atoms with Gasteiger partial charge in [0.05, 0.1) is 0 Å². The van der Waals surface area contributed by atoms with E-state index in [-0.39, 0.29) is 6.23 Å². The Labute approximate surface area is 57.6 Å². The van der Waals surface area contributed by atoms with Gasteiger partial charge in [-0.15, -0.1) is 0 Å². The van der Waals surface area contributed by atoms with Crippen LogP contribution in [0.15, 0.2) is 0 Å². The number of rotatable bonds is 5. The zero-order chi connectivity index (χ0) is 7.11. The molecule has 0 radical (unpaired) electrons. The SMILES string of the molecule is CCCCOC(C)NC. The number of hydrogen-bond acceptors (Lipinski definition) is 2. The molecule has 0 aromatic carbocycles. The molecule has 2 nitrogen and oxygen atoms in total. The van der Waals surface area contributed by atoms with Gasteiger partial charge in [0.2, 0.25) is 0 Å². The Balaban J connectivity index is 2.88. The zero-order valence-corrected chi connectivity index (χ0v) is 6.61. The summed E-state index contributed by atoms with van der Waals surface area (Å²) in [6, 6.07) is 0. The second-order valence-electron chi connectivity index (χ2n) is 2.16. The lowest BCUT2D eigenvalue weighted by molar-refractivity contribution is 0.0464. The van der Waals surface area contributed by atoms with Gasteiger partial charge in [-0.25, -0.2) is 0 Å². The maximum atomic E-state index is 5.32. The molecule has 0 saturated carbocycles. The topological polar surface area (TPSA) is 21.3 Å². The Morgan fingerprint density at radius 1 is 1.56 bits per heavy atom. The number of hydrogen-bond donors (Lipinski definition) is 1. The highest BCUT2D eigenvalue weighted by Gasteiger charge is 1.93. The minimum absolute atomic E-state index is 0.205. The summed E-state index contributed by atoms with van der Waals surface area (Å²) >= 11 is 0. The summed E-state index contributed by atoms with van der Waals surface area (Å²) in [5.41, 5.74) is 0.